The standard InChI is InChI=1S/C14H16N2O2S/c1-8-6-12(13(14(17)18)10(3)15-8)16-9(2)11-4-5-19-7-11/h4-7,9H,1-3H3,(H,15,16)(H,17,18). The number of rotatable bonds is 4. The summed E-state index contributed by atoms with van der Waals surface area (Å²) in [6.45, 7) is 5.59. The van der Waals surface area contributed by atoms with Gasteiger partial charge in [-0.15, -0.1) is 0 Å². The number of carboxylic acids is 1. The molecule has 0 aliphatic rings. The number of carbonyl (C=O) groups is 1. The van der Waals surface area contributed by atoms with Gasteiger partial charge in [0.25, 0.3) is 0 Å². The number of thiophene rings is 1. The number of pyridine rings is 1. The summed E-state index contributed by atoms with van der Waals surface area (Å²) in [4.78, 5) is 15.6. The third-order valence-corrected chi connectivity index (χ3v) is 3.66. The van der Waals surface area contributed by atoms with Gasteiger partial charge in [0.15, 0.2) is 0 Å². The average Bonchev–Trinajstić information content (AvgIpc) is 2.80. The third kappa shape index (κ3) is 2.93. The average molecular weight is 276 g/mol. The molecule has 2 aromatic heterocycles. The van der Waals surface area contributed by atoms with Gasteiger partial charge in [-0.2, -0.15) is 11.3 Å². The molecule has 2 aromatic rings. The Morgan fingerprint density at radius 3 is 2.79 bits per heavy atom. The van der Waals surface area contributed by atoms with E-state index in [1.165, 1.54) is 0 Å². The lowest BCUT2D eigenvalue weighted by Crippen LogP contribution is -2.13. The Hall–Kier alpha value is -1.88. The minimum absolute atomic E-state index is 0.0607. The van der Waals surface area contributed by atoms with Crippen LogP contribution < -0.4 is 5.32 Å². The van der Waals surface area contributed by atoms with Crippen LogP contribution in [0.4, 0.5) is 5.69 Å². The zero-order chi connectivity index (χ0) is 14.0. The van der Waals surface area contributed by atoms with Crippen LogP contribution in [-0.2, 0) is 0 Å². The van der Waals surface area contributed by atoms with Crippen LogP contribution in [0.1, 0.15) is 40.3 Å². The largest absolute Gasteiger partial charge is 0.478 e. The molecule has 4 nitrogen and oxygen atoms in total. The van der Waals surface area contributed by atoms with Gasteiger partial charge in [0.2, 0.25) is 0 Å². The number of aryl methyl sites for hydroxylation is 2. The molecular weight excluding hydrogens is 260 g/mol. The molecule has 2 N–H and O–H groups in total. The molecule has 0 aromatic carbocycles. The highest BCUT2D eigenvalue weighted by Crippen LogP contribution is 2.26. The molecule has 1 unspecified atom stereocenters. The highest BCUT2D eigenvalue weighted by Gasteiger charge is 2.17. The van der Waals surface area contributed by atoms with Crippen LogP contribution in [0.5, 0.6) is 0 Å². The van der Waals surface area contributed by atoms with Gasteiger partial charge < -0.3 is 10.4 Å². The minimum Gasteiger partial charge on any atom is -0.478 e. The van der Waals surface area contributed by atoms with Crippen molar-refractivity contribution in [2.24, 2.45) is 0 Å². The van der Waals surface area contributed by atoms with Gasteiger partial charge >= 0.3 is 5.97 Å². The summed E-state index contributed by atoms with van der Waals surface area (Å²) in [7, 11) is 0. The summed E-state index contributed by atoms with van der Waals surface area (Å²) in [6.07, 6.45) is 0. The lowest BCUT2D eigenvalue weighted by atomic mass is 10.1. The molecule has 100 valence electrons. The molecule has 0 radical (unpaired) electrons. The van der Waals surface area contributed by atoms with E-state index in [4.69, 9.17) is 0 Å². The molecule has 2 heterocycles. The second-order valence-electron chi connectivity index (χ2n) is 4.50. The zero-order valence-electron chi connectivity index (χ0n) is 11.1. The van der Waals surface area contributed by atoms with Crippen LogP contribution in [0.15, 0.2) is 22.9 Å². The van der Waals surface area contributed by atoms with E-state index >= 15 is 0 Å². The second-order valence-corrected chi connectivity index (χ2v) is 5.28. The highest BCUT2D eigenvalue weighted by molar-refractivity contribution is 7.07. The predicted octanol–water partition coefficient (Wildman–Crippen LogP) is 3.63. The van der Waals surface area contributed by atoms with Crippen molar-refractivity contribution in [1.29, 1.82) is 0 Å². The minimum atomic E-state index is -0.954. The normalized spacial score (nSPS) is 12.2. The van der Waals surface area contributed by atoms with E-state index in [9.17, 15) is 9.90 Å². The molecule has 0 saturated carbocycles. The van der Waals surface area contributed by atoms with Gasteiger partial charge in [0.1, 0.15) is 5.56 Å². The summed E-state index contributed by atoms with van der Waals surface area (Å²) in [5, 5.41) is 16.6. The molecule has 0 aliphatic heterocycles. The Morgan fingerprint density at radius 1 is 1.47 bits per heavy atom. The van der Waals surface area contributed by atoms with Crippen LogP contribution in [-0.4, -0.2) is 16.1 Å². The van der Waals surface area contributed by atoms with Crippen molar-refractivity contribution in [3.05, 3.63) is 45.4 Å². The third-order valence-electron chi connectivity index (χ3n) is 2.96. The first-order chi connectivity index (χ1) is 8.99. The van der Waals surface area contributed by atoms with Gasteiger partial charge in [-0.05, 0) is 49.2 Å². The molecule has 0 bridgehead atoms. The molecule has 2 rings (SSSR count). The van der Waals surface area contributed by atoms with Crippen LogP contribution in [0, 0.1) is 13.8 Å². The molecule has 0 aliphatic carbocycles. The maximum absolute atomic E-state index is 11.3. The maximum Gasteiger partial charge on any atom is 0.339 e. The van der Waals surface area contributed by atoms with E-state index in [0.717, 1.165) is 11.3 Å². The first-order valence-corrected chi connectivity index (χ1v) is 6.93. The van der Waals surface area contributed by atoms with Crippen LogP contribution in [0.25, 0.3) is 0 Å². The number of nitrogens with zero attached hydrogens (tertiary/aromatic N) is 1. The van der Waals surface area contributed by atoms with E-state index in [-0.39, 0.29) is 11.6 Å². The highest BCUT2D eigenvalue weighted by atomic mass is 32.1. The van der Waals surface area contributed by atoms with Crippen molar-refractivity contribution >= 4 is 23.0 Å². The van der Waals surface area contributed by atoms with Gasteiger partial charge in [-0.1, -0.05) is 0 Å². The Labute approximate surface area is 116 Å². The van der Waals surface area contributed by atoms with Gasteiger partial charge in [0.05, 0.1) is 11.4 Å². The monoisotopic (exact) mass is 276 g/mol. The van der Waals surface area contributed by atoms with Gasteiger partial charge in [0, 0.05) is 11.7 Å². The van der Waals surface area contributed by atoms with Crippen LogP contribution >= 0.6 is 11.3 Å². The van der Waals surface area contributed by atoms with Crippen molar-refractivity contribution in [2.75, 3.05) is 5.32 Å². The SMILES string of the molecule is Cc1cc(NC(C)c2ccsc2)c(C(=O)O)c(C)n1. The number of aromatic carboxylic acids is 1. The van der Waals surface area contributed by atoms with E-state index in [1.54, 1.807) is 24.3 Å². The summed E-state index contributed by atoms with van der Waals surface area (Å²) in [5.74, 6) is -0.954. The lowest BCUT2D eigenvalue weighted by molar-refractivity contribution is 0.0696. The molecule has 5 heteroatoms. The van der Waals surface area contributed by atoms with Crippen molar-refractivity contribution in [3.8, 4) is 0 Å². The smallest absolute Gasteiger partial charge is 0.339 e. The second kappa shape index (κ2) is 5.40. The summed E-state index contributed by atoms with van der Waals surface area (Å²) in [5.41, 5.74) is 3.35. The van der Waals surface area contributed by atoms with Gasteiger partial charge in [-0.25, -0.2) is 4.79 Å². The number of carboxylic acid groups (broad SMARTS) is 1. The predicted molar refractivity (Wildman–Crippen MR) is 77.0 cm³/mol. The molecule has 19 heavy (non-hydrogen) atoms. The molecule has 0 saturated heterocycles. The summed E-state index contributed by atoms with van der Waals surface area (Å²) >= 11 is 1.63. The first-order valence-electron chi connectivity index (χ1n) is 5.99. The van der Waals surface area contributed by atoms with E-state index < -0.39 is 5.97 Å². The lowest BCUT2D eigenvalue weighted by Gasteiger charge is -2.17. The molecule has 0 fully saturated rings. The van der Waals surface area contributed by atoms with E-state index in [2.05, 4.69) is 15.7 Å². The Morgan fingerprint density at radius 2 is 2.21 bits per heavy atom. The van der Waals surface area contributed by atoms with Crippen molar-refractivity contribution in [2.45, 2.75) is 26.8 Å². The number of anilines is 1. The number of nitrogens with one attached hydrogen (secondary N) is 1. The maximum atomic E-state index is 11.3. The fourth-order valence-electron chi connectivity index (χ4n) is 2.05. The Kier molecular flexibility index (Phi) is 3.85. The fraction of sp³-hybridized carbons (Fsp3) is 0.286. The number of hydrogen-bond acceptors (Lipinski definition) is 4. The van der Waals surface area contributed by atoms with E-state index in [0.29, 0.717) is 11.4 Å². The topological polar surface area (TPSA) is 62.2 Å². The number of aromatic nitrogens is 1. The van der Waals surface area contributed by atoms with Crippen molar-refractivity contribution in [3.63, 3.8) is 0 Å². The Balaban J connectivity index is 2.36. The van der Waals surface area contributed by atoms with Crippen molar-refractivity contribution in [1.82, 2.24) is 4.98 Å². The molecule has 1 atom stereocenters. The van der Waals surface area contributed by atoms with Crippen LogP contribution in [0.2, 0.25) is 0 Å². The quantitative estimate of drug-likeness (QED) is 0.895. The summed E-state index contributed by atoms with van der Waals surface area (Å²) in [6, 6.07) is 3.87. The van der Waals surface area contributed by atoms with E-state index in [1.807, 2.05) is 25.3 Å². The first kappa shape index (κ1) is 13.5. The Bertz CT molecular complexity index is 594. The fourth-order valence-corrected chi connectivity index (χ4v) is 2.80. The molecule has 0 amide bonds. The number of hydrogen-bond donors (Lipinski definition) is 2. The van der Waals surface area contributed by atoms with Crippen LogP contribution in [0.3, 0.4) is 0 Å². The molecular formula is C14H16N2O2S. The van der Waals surface area contributed by atoms with Gasteiger partial charge in [-0.3, -0.25) is 4.98 Å². The molecule has 0 spiro atoms. The zero-order valence-corrected chi connectivity index (χ0v) is 11.9. The van der Waals surface area contributed by atoms with Crippen molar-refractivity contribution < 1.29 is 9.90 Å². The summed E-state index contributed by atoms with van der Waals surface area (Å²) < 4.78 is 0.